The van der Waals surface area contributed by atoms with Gasteiger partial charge in [-0.3, -0.25) is 4.98 Å². The molecule has 0 aliphatic carbocycles. The van der Waals surface area contributed by atoms with E-state index in [1.54, 1.807) is 0 Å². The lowest BCUT2D eigenvalue weighted by Crippen LogP contribution is -2.40. The van der Waals surface area contributed by atoms with Crippen LogP contribution in [0.2, 0.25) is 5.02 Å². The fraction of sp³-hybridized carbons (Fsp3) is 0.350. The Labute approximate surface area is 180 Å². The van der Waals surface area contributed by atoms with Crippen LogP contribution in [0.5, 0.6) is 0 Å². The molecule has 0 unspecified atom stereocenters. The van der Waals surface area contributed by atoms with Crippen LogP contribution in [0.4, 0.5) is 17.6 Å². The fourth-order valence-corrected chi connectivity index (χ4v) is 3.92. The highest BCUT2D eigenvalue weighted by Gasteiger charge is 2.38. The number of carbonyl (C=O) groups is 1. The highest BCUT2D eigenvalue weighted by atomic mass is 35.5. The maximum absolute atomic E-state index is 14.3. The van der Waals surface area contributed by atoms with Crippen molar-refractivity contribution in [3.05, 3.63) is 63.7 Å². The Morgan fingerprint density at radius 1 is 1.32 bits per heavy atom. The smallest absolute Gasteiger partial charge is 0.417 e. The van der Waals surface area contributed by atoms with E-state index >= 15 is 0 Å². The van der Waals surface area contributed by atoms with Gasteiger partial charge in [0.15, 0.2) is 5.84 Å². The molecular formula is C20H18ClF4N3O3. The molecule has 2 heterocycles. The summed E-state index contributed by atoms with van der Waals surface area (Å²) in [5.74, 6) is -2.33. The normalized spacial score (nSPS) is 15.8. The van der Waals surface area contributed by atoms with Gasteiger partial charge in [-0.1, -0.05) is 22.8 Å². The molecule has 31 heavy (non-hydrogen) atoms. The number of benzene rings is 1. The van der Waals surface area contributed by atoms with Crippen LogP contribution in [0.3, 0.4) is 0 Å². The number of ether oxygens (including phenoxy) is 1. The van der Waals surface area contributed by atoms with Crippen LogP contribution < -0.4 is 0 Å². The maximum Gasteiger partial charge on any atom is 0.417 e. The molecule has 0 spiro atoms. The number of oxime groups is 1. The minimum atomic E-state index is -4.81. The number of piperidine rings is 1. The van der Waals surface area contributed by atoms with E-state index in [9.17, 15) is 27.6 Å². The number of amidine groups is 1. The van der Waals surface area contributed by atoms with Gasteiger partial charge in [0.05, 0.1) is 34.5 Å². The molecule has 1 aliphatic heterocycles. The van der Waals surface area contributed by atoms with Crippen LogP contribution in [-0.4, -0.2) is 47.1 Å². The summed E-state index contributed by atoms with van der Waals surface area (Å²) in [5, 5.41) is 12.7. The first kappa shape index (κ1) is 22.8. The van der Waals surface area contributed by atoms with Gasteiger partial charge in [-0.25, -0.2) is 9.18 Å². The lowest BCUT2D eigenvalue weighted by atomic mass is 9.92. The Balaban J connectivity index is 1.81. The number of rotatable bonds is 3. The fourth-order valence-electron chi connectivity index (χ4n) is 3.60. The molecule has 0 radical (unpaired) electrons. The Morgan fingerprint density at radius 3 is 2.55 bits per heavy atom. The summed E-state index contributed by atoms with van der Waals surface area (Å²) in [6.07, 6.45) is -2.64. The molecule has 0 atom stereocenters. The van der Waals surface area contributed by atoms with Crippen molar-refractivity contribution in [1.82, 2.24) is 9.88 Å². The van der Waals surface area contributed by atoms with Crippen LogP contribution in [0, 0.1) is 5.82 Å². The average molecular weight is 460 g/mol. The van der Waals surface area contributed by atoms with E-state index in [4.69, 9.17) is 11.6 Å². The van der Waals surface area contributed by atoms with Gasteiger partial charge in [0.25, 0.3) is 0 Å². The Hall–Kier alpha value is -2.88. The summed E-state index contributed by atoms with van der Waals surface area (Å²) < 4.78 is 59.0. The number of methoxy groups -OCH3 is 1. The summed E-state index contributed by atoms with van der Waals surface area (Å²) in [6, 6.07) is 4.02. The number of hydrogen-bond acceptors (Lipinski definition) is 5. The van der Waals surface area contributed by atoms with Crippen LogP contribution >= 0.6 is 11.6 Å². The van der Waals surface area contributed by atoms with E-state index in [0.29, 0.717) is 18.5 Å². The van der Waals surface area contributed by atoms with Crippen molar-refractivity contribution in [2.45, 2.75) is 24.9 Å². The number of pyridine rings is 1. The van der Waals surface area contributed by atoms with Gasteiger partial charge >= 0.3 is 12.1 Å². The van der Waals surface area contributed by atoms with Crippen molar-refractivity contribution in [3.8, 4) is 0 Å². The molecule has 1 aliphatic rings. The second kappa shape index (κ2) is 9.09. The summed E-state index contributed by atoms with van der Waals surface area (Å²) in [4.78, 5) is 17.2. The van der Waals surface area contributed by atoms with Gasteiger partial charge in [0.1, 0.15) is 5.82 Å². The van der Waals surface area contributed by atoms with Gasteiger partial charge in [-0.05, 0) is 31.0 Å². The summed E-state index contributed by atoms with van der Waals surface area (Å²) in [7, 11) is 1.24. The highest BCUT2D eigenvalue weighted by molar-refractivity contribution is 6.31. The molecule has 166 valence electrons. The lowest BCUT2D eigenvalue weighted by Gasteiger charge is -2.34. The molecule has 0 bridgehead atoms. The second-order valence-corrected chi connectivity index (χ2v) is 7.33. The molecule has 1 saturated heterocycles. The molecule has 1 aromatic heterocycles. The third-order valence-corrected chi connectivity index (χ3v) is 5.41. The second-order valence-electron chi connectivity index (χ2n) is 6.93. The summed E-state index contributed by atoms with van der Waals surface area (Å²) in [5.41, 5.74) is -1.28. The van der Waals surface area contributed by atoms with Gasteiger partial charge in [-0.15, -0.1) is 0 Å². The predicted molar refractivity (Wildman–Crippen MR) is 104 cm³/mol. The van der Waals surface area contributed by atoms with E-state index in [1.807, 2.05) is 0 Å². The molecule has 0 saturated carbocycles. The quantitative estimate of drug-likeness (QED) is 0.180. The number of hydrogen-bond donors (Lipinski definition) is 1. The Morgan fingerprint density at radius 2 is 2.00 bits per heavy atom. The molecule has 1 N–H and O–H groups in total. The lowest BCUT2D eigenvalue weighted by molar-refractivity contribution is -0.138. The molecule has 0 amide bonds. The number of halogens is 5. The van der Waals surface area contributed by atoms with Gasteiger partial charge in [0.2, 0.25) is 0 Å². The minimum absolute atomic E-state index is 0.141. The summed E-state index contributed by atoms with van der Waals surface area (Å²) >= 11 is 6.26. The topological polar surface area (TPSA) is 75.0 Å². The molecular weight excluding hydrogens is 442 g/mol. The molecule has 1 fully saturated rings. The maximum atomic E-state index is 14.3. The summed E-state index contributed by atoms with van der Waals surface area (Å²) in [6.45, 7) is 0.374. The molecule has 11 heteroatoms. The number of aromatic nitrogens is 1. The zero-order chi connectivity index (χ0) is 22.8. The van der Waals surface area contributed by atoms with E-state index in [2.05, 4.69) is 14.9 Å². The van der Waals surface area contributed by atoms with Crippen LogP contribution in [0.1, 0.15) is 45.9 Å². The zero-order valence-corrected chi connectivity index (χ0v) is 17.0. The van der Waals surface area contributed by atoms with Crippen molar-refractivity contribution >= 4 is 23.4 Å². The first-order valence-electron chi connectivity index (χ1n) is 9.24. The molecule has 2 aromatic rings. The van der Waals surface area contributed by atoms with Crippen molar-refractivity contribution < 1.29 is 32.3 Å². The van der Waals surface area contributed by atoms with Crippen molar-refractivity contribution in [2.24, 2.45) is 5.16 Å². The van der Waals surface area contributed by atoms with E-state index in [1.165, 1.54) is 24.3 Å². The average Bonchev–Trinajstić information content (AvgIpc) is 2.74. The van der Waals surface area contributed by atoms with Crippen LogP contribution in [-0.2, 0) is 10.9 Å². The monoisotopic (exact) mass is 459 g/mol. The third kappa shape index (κ3) is 4.73. The number of carbonyl (C=O) groups excluding carboxylic acids is 1. The molecule has 1 aromatic carbocycles. The standard InChI is InChI=1S/C20H18ClF4N3O3/c1-31-19(29)12-9-14(21)17(26-10-12)11-5-7-28(8-6-11)18(27-30)16-13(20(23,24)25)3-2-4-15(16)22/h2-4,9-11,30H,5-8H2,1H3. The highest BCUT2D eigenvalue weighted by Crippen LogP contribution is 2.36. The van der Waals surface area contributed by atoms with E-state index in [-0.39, 0.29) is 29.6 Å². The molecule has 6 nitrogen and oxygen atoms in total. The van der Waals surface area contributed by atoms with Crippen LogP contribution in [0.15, 0.2) is 35.6 Å². The van der Waals surface area contributed by atoms with E-state index in [0.717, 1.165) is 18.2 Å². The number of likely N-dealkylation sites (tertiary alicyclic amines) is 1. The first-order valence-corrected chi connectivity index (χ1v) is 9.62. The number of esters is 1. The first-order chi connectivity index (χ1) is 14.7. The SMILES string of the molecule is COC(=O)c1cnc(C2CCN(C(=NO)c3c(F)cccc3C(F)(F)F)CC2)c(Cl)c1. The number of alkyl halides is 3. The van der Waals surface area contributed by atoms with Gasteiger partial charge in [-0.2, -0.15) is 13.2 Å². The van der Waals surface area contributed by atoms with E-state index < -0.39 is 34.9 Å². The van der Waals surface area contributed by atoms with Crippen molar-refractivity contribution in [2.75, 3.05) is 20.2 Å². The Kier molecular flexibility index (Phi) is 6.68. The van der Waals surface area contributed by atoms with Crippen LogP contribution in [0.25, 0.3) is 0 Å². The minimum Gasteiger partial charge on any atom is -0.465 e. The largest absolute Gasteiger partial charge is 0.465 e. The van der Waals surface area contributed by atoms with Gasteiger partial charge in [0, 0.05) is 25.2 Å². The molecule has 3 rings (SSSR count). The predicted octanol–water partition coefficient (Wildman–Crippen LogP) is 4.69. The van der Waals surface area contributed by atoms with Gasteiger partial charge < -0.3 is 14.8 Å². The third-order valence-electron chi connectivity index (χ3n) is 5.11. The number of nitrogens with zero attached hydrogens (tertiary/aromatic N) is 3. The zero-order valence-electron chi connectivity index (χ0n) is 16.3. The van der Waals surface area contributed by atoms with Crippen molar-refractivity contribution in [3.63, 3.8) is 0 Å². The van der Waals surface area contributed by atoms with Crippen molar-refractivity contribution in [1.29, 1.82) is 0 Å². The Bertz CT molecular complexity index is 1010.